The number of carbonyl (C=O) groups is 1. The molecule has 1 aromatic carbocycles. The van der Waals surface area contributed by atoms with Crippen molar-refractivity contribution >= 4 is 29.4 Å². The number of hydrogen-bond acceptors (Lipinski definition) is 2. The first kappa shape index (κ1) is 15.3. The minimum Gasteiger partial charge on any atom is -0.306 e. The first-order valence-electron chi connectivity index (χ1n) is 6.57. The summed E-state index contributed by atoms with van der Waals surface area (Å²) in [5.74, 6) is -0.325. The van der Waals surface area contributed by atoms with Crippen molar-refractivity contribution in [3.8, 4) is 0 Å². The van der Waals surface area contributed by atoms with Crippen molar-refractivity contribution in [1.29, 1.82) is 0 Å². The summed E-state index contributed by atoms with van der Waals surface area (Å²) in [6.45, 7) is 2.07. The number of hydrogen-bond donors (Lipinski definition) is 2. The molecule has 0 unspecified atom stereocenters. The molecule has 0 spiro atoms. The van der Waals surface area contributed by atoms with Crippen LogP contribution in [0.2, 0.25) is 5.02 Å². The topological polar surface area (TPSA) is 57.8 Å². The number of aryl methyl sites for hydroxylation is 1. The fourth-order valence-electron chi connectivity index (χ4n) is 1.78. The summed E-state index contributed by atoms with van der Waals surface area (Å²) >= 11 is 5.67. The zero-order chi connectivity index (χ0) is 15.2. The Morgan fingerprint density at radius 1 is 1.48 bits per heavy atom. The molecular weight excluding hydrogens is 293 g/mol. The van der Waals surface area contributed by atoms with Gasteiger partial charge in [0, 0.05) is 17.8 Å². The number of amides is 1. The molecule has 1 amide bonds. The van der Waals surface area contributed by atoms with Crippen LogP contribution >= 0.6 is 11.6 Å². The van der Waals surface area contributed by atoms with Crippen molar-refractivity contribution in [3.05, 3.63) is 52.4 Å². The van der Waals surface area contributed by atoms with E-state index in [0.29, 0.717) is 11.4 Å². The predicted molar refractivity (Wildman–Crippen MR) is 81.7 cm³/mol. The Hall–Kier alpha value is -2.14. The van der Waals surface area contributed by atoms with Crippen LogP contribution in [0.25, 0.3) is 6.08 Å². The fraction of sp³-hybridized carbons (Fsp3) is 0.200. The van der Waals surface area contributed by atoms with Gasteiger partial charge in [0.1, 0.15) is 5.82 Å². The van der Waals surface area contributed by atoms with E-state index in [1.807, 2.05) is 0 Å². The van der Waals surface area contributed by atoms with Gasteiger partial charge in [-0.25, -0.2) is 4.39 Å². The molecule has 0 saturated heterocycles. The quantitative estimate of drug-likeness (QED) is 0.825. The summed E-state index contributed by atoms with van der Waals surface area (Å²) in [6.07, 6.45) is 4.78. The van der Waals surface area contributed by atoms with Gasteiger partial charge in [-0.1, -0.05) is 31.0 Å². The second kappa shape index (κ2) is 7.04. The molecule has 0 aliphatic carbocycles. The standard InChI is InChI=1S/C15H15ClFN3O/c1-2-3-11-9-14(20-19-11)18-15(21)7-5-10-4-6-13(17)12(16)8-10/h4-9H,2-3H2,1H3,(H2,18,19,20,21)/b7-5+. The average Bonchev–Trinajstić information content (AvgIpc) is 2.88. The summed E-state index contributed by atoms with van der Waals surface area (Å²) in [4.78, 5) is 11.7. The van der Waals surface area contributed by atoms with Crippen molar-refractivity contribution in [3.63, 3.8) is 0 Å². The molecule has 4 nitrogen and oxygen atoms in total. The molecular formula is C15H15ClFN3O. The number of carbonyl (C=O) groups excluding carboxylic acids is 1. The van der Waals surface area contributed by atoms with Gasteiger partial charge < -0.3 is 5.32 Å². The lowest BCUT2D eigenvalue weighted by atomic mass is 10.2. The van der Waals surface area contributed by atoms with E-state index < -0.39 is 5.82 Å². The maximum absolute atomic E-state index is 13.0. The van der Waals surface area contributed by atoms with Gasteiger partial charge in [0.25, 0.3) is 0 Å². The summed E-state index contributed by atoms with van der Waals surface area (Å²) < 4.78 is 13.0. The smallest absolute Gasteiger partial charge is 0.249 e. The lowest BCUT2D eigenvalue weighted by molar-refractivity contribution is -0.111. The van der Waals surface area contributed by atoms with Gasteiger partial charge in [-0.05, 0) is 30.2 Å². The van der Waals surface area contributed by atoms with E-state index in [-0.39, 0.29) is 10.9 Å². The van der Waals surface area contributed by atoms with Crippen LogP contribution in [0.4, 0.5) is 10.2 Å². The molecule has 0 bridgehead atoms. The SMILES string of the molecule is CCCc1cc(NC(=O)/C=C/c2ccc(F)c(Cl)c2)n[nH]1. The lowest BCUT2D eigenvalue weighted by Gasteiger charge is -1.97. The first-order chi connectivity index (χ1) is 10.1. The Labute approximate surface area is 127 Å². The Morgan fingerprint density at radius 2 is 2.29 bits per heavy atom. The van der Waals surface area contributed by atoms with E-state index in [0.717, 1.165) is 18.5 Å². The highest BCUT2D eigenvalue weighted by Gasteiger charge is 2.03. The van der Waals surface area contributed by atoms with E-state index in [1.165, 1.54) is 18.2 Å². The minimum absolute atomic E-state index is 0.0223. The van der Waals surface area contributed by atoms with Crippen LogP contribution in [-0.2, 0) is 11.2 Å². The third-order valence-electron chi connectivity index (χ3n) is 2.77. The van der Waals surface area contributed by atoms with Gasteiger partial charge in [-0.3, -0.25) is 9.89 Å². The van der Waals surface area contributed by atoms with Crippen molar-refractivity contribution in [1.82, 2.24) is 10.2 Å². The Bertz CT molecular complexity index is 667. The summed E-state index contributed by atoms with van der Waals surface area (Å²) in [5, 5.41) is 9.51. The summed E-state index contributed by atoms with van der Waals surface area (Å²) in [7, 11) is 0. The number of H-pyrrole nitrogens is 1. The van der Waals surface area contributed by atoms with E-state index in [1.54, 1.807) is 18.2 Å². The maximum Gasteiger partial charge on any atom is 0.249 e. The van der Waals surface area contributed by atoms with Gasteiger partial charge >= 0.3 is 0 Å². The van der Waals surface area contributed by atoms with Gasteiger partial charge in [0.2, 0.25) is 5.91 Å². The van der Waals surface area contributed by atoms with E-state index in [9.17, 15) is 9.18 Å². The van der Waals surface area contributed by atoms with Crippen LogP contribution in [0.1, 0.15) is 24.6 Å². The molecule has 1 aromatic heterocycles. The van der Waals surface area contributed by atoms with Crippen molar-refractivity contribution in [2.45, 2.75) is 19.8 Å². The van der Waals surface area contributed by atoms with Crippen LogP contribution in [0.5, 0.6) is 0 Å². The second-order valence-electron chi connectivity index (χ2n) is 4.52. The number of aromatic amines is 1. The maximum atomic E-state index is 13.0. The van der Waals surface area contributed by atoms with Crippen molar-refractivity contribution in [2.75, 3.05) is 5.32 Å². The number of benzene rings is 1. The molecule has 0 saturated carbocycles. The molecule has 2 N–H and O–H groups in total. The third kappa shape index (κ3) is 4.43. The predicted octanol–water partition coefficient (Wildman–Crippen LogP) is 3.81. The van der Waals surface area contributed by atoms with Gasteiger partial charge in [0.05, 0.1) is 5.02 Å². The molecule has 21 heavy (non-hydrogen) atoms. The van der Waals surface area contributed by atoms with Gasteiger partial charge in [-0.2, -0.15) is 5.10 Å². The third-order valence-corrected chi connectivity index (χ3v) is 3.06. The Balaban J connectivity index is 1.96. The number of nitrogens with one attached hydrogen (secondary N) is 2. The van der Waals surface area contributed by atoms with Crippen molar-refractivity contribution in [2.24, 2.45) is 0 Å². The zero-order valence-corrected chi connectivity index (χ0v) is 12.2. The molecule has 2 rings (SSSR count). The minimum atomic E-state index is -0.488. The van der Waals surface area contributed by atoms with Crippen LogP contribution in [0, 0.1) is 5.82 Å². The Kier molecular flexibility index (Phi) is 5.11. The zero-order valence-electron chi connectivity index (χ0n) is 11.5. The van der Waals surface area contributed by atoms with E-state index >= 15 is 0 Å². The number of anilines is 1. The molecule has 0 aliphatic heterocycles. The number of aromatic nitrogens is 2. The Morgan fingerprint density at radius 3 is 3.00 bits per heavy atom. The van der Waals surface area contributed by atoms with E-state index in [4.69, 9.17) is 11.6 Å². The normalized spacial score (nSPS) is 11.0. The fourth-order valence-corrected chi connectivity index (χ4v) is 1.97. The molecule has 0 fully saturated rings. The molecule has 0 radical (unpaired) electrons. The highest BCUT2D eigenvalue weighted by atomic mass is 35.5. The molecule has 0 aliphatic rings. The molecule has 110 valence electrons. The highest BCUT2D eigenvalue weighted by molar-refractivity contribution is 6.30. The first-order valence-corrected chi connectivity index (χ1v) is 6.94. The van der Waals surface area contributed by atoms with Crippen LogP contribution in [0.3, 0.4) is 0 Å². The number of rotatable bonds is 5. The number of nitrogens with zero attached hydrogens (tertiary/aromatic N) is 1. The molecule has 1 heterocycles. The van der Waals surface area contributed by atoms with Crippen LogP contribution < -0.4 is 5.32 Å². The van der Waals surface area contributed by atoms with E-state index in [2.05, 4.69) is 22.4 Å². The average molecular weight is 308 g/mol. The monoisotopic (exact) mass is 307 g/mol. The van der Waals surface area contributed by atoms with Crippen LogP contribution in [0.15, 0.2) is 30.3 Å². The van der Waals surface area contributed by atoms with Crippen molar-refractivity contribution < 1.29 is 9.18 Å². The van der Waals surface area contributed by atoms with Crippen LogP contribution in [-0.4, -0.2) is 16.1 Å². The summed E-state index contributed by atoms with van der Waals surface area (Å²) in [6, 6.07) is 6.04. The number of halogens is 2. The largest absolute Gasteiger partial charge is 0.306 e. The molecule has 6 heteroatoms. The molecule has 2 aromatic rings. The lowest BCUT2D eigenvalue weighted by Crippen LogP contribution is -2.07. The highest BCUT2D eigenvalue weighted by Crippen LogP contribution is 2.17. The summed E-state index contributed by atoms with van der Waals surface area (Å²) in [5.41, 5.74) is 1.62. The van der Waals surface area contributed by atoms with Gasteiger partial charge in [0.15, 0.2) is 5.82 Å². The molecule has 0 atom stereocenters. The van der Waals surface area contributed by atoms with Gasteiger partial charge in [-0.15, -0.1) is 0 Å². The second-order valence-corrected chi connectivity index (χ2v) is 4.93.